The summed E-state index contributed by atoms with van der Waals surface area (Å²) in [6.07, 6.45) is 2.21. The van der Waals surface area contributed by atoms with Crippen LogP contribution in [0.15, 0.2) is 64.4 Å². The lowest BCUT2D eigenvalue weighted by atomic mass is 10.2. The number of hydrogen-bond donors (Lipinski definition) is 1. The molecular formula is C18H17F3N6S. The van der Waals surface area contributed by atoms with Gasteiger partial charge in [0.2, 0.25) is 0 Å². The number of nitrogens with zero attached hydrogens (tertiary/aromatic N) is 5. The molecule has 0 aliphatic rings. The maximum Gasteiger partial charge on any atom is 0.416 e. The Hall–Kier alpha value is -3.01. The van der Waals surface area contributed by atoms with Gasteiger partial charge < -0.3 is 4.72 Å². The van der Waals surface area contributed by atoms with Crippen molar-refractivity contribution in [2.75, 3.05) is 4.72 Å². The second-order valence-corrected chi connectivity index (χ2v) is 6.59. The number of hydrogen-bond acceptors (Lipinski definition) is 5. The fraction of sp³-hybridized carbons (Fsp3) is 0.167. The predicted octanol–water partition coefficient (Wildman–Crippen LogP) is 4.90. The molecule has 0 bridgehead atoms. The van der Waals surface area contributed by atoms with Gasteiger partial charge in [0.25, 0.3) is 0 Å². The maximum atomic E-state index is 13.0. The molecule has 0 aliphatic carbocycles. The molecule has 3 rings (SSSR count). The van der Waals surface area contributed by atoms with Crippen molar-refractivity contribution in [3.63, 3.8) is 0 Å². The highest BCUT2D eigenvalue weighted by Crippen LogP contribution is 2.30. The molecule has 10 heteroatoms. The Morgan fingerprint density at radius 2 is 2.07 bits per heavy atom. The number of allylic oxidation sites excluding steroid dienone is 3. The highest BCUT2D eigenvalue weighted by atomic mass is 32.2. The molecule has 2 aromatic heterocycles. The zero-order valence-electron chi connectivity index (χ0n) is 15.1. The lowest BCUT2D eigenvalue weighted by molar-refractivity contribution is -0.0883. The Morgan fingerprint density at radius 1 is 1.29 bits per heavy atom. The van der Waals surface area contributed by atoms with Gasteiger partial charge in [0, 0.05) is 12.4 Å². The summed E-state index contributed by atoms with van der Waals surface area (Å²) in [4.78, 5) is 4.62. The first kappa shape index (κ1) is 19.7. The number of aryl methyl sites for hydroxylation is 1. The van der Waals surface area contributed by atoms with Gasteiger partial charge in [-0.25, -0.2) is 9.67 Å². The normalized spacial score (nSPS) is 13.2. The van der Waals surface area contributed by atoms with Gasteiger partial charge in [0.15, 0.2) is 5.82 Å². The van der Waals surface area contributed by atoms with Crippen molar-refractivity contribution in [1.29, 1.82) is 0 Å². The Morgan fingerprint density at radius 3 is 2.75 bits per heavy atom. The van der Waals surface area contributed by atoms with Crippen molar-refractivity contribution < 1.29 is 13.2 Å². The Kier molecular flexibility index (Phi) is 5.59. The van der Waals surface area contributed by atoms with Crippen LogP contribution >= 0.6 is 11.9 Å². The van der Waals surface area contributed by atoms with E-state index in [0.717, 1.165) is 28.0 Å². The number of halogens is 3. The topological polar surface area (TPSA) is 60.0 Å². The summed E-state index contributed by atoms with van der Waals surface area (Å²) < 4.78 is 45.0. The molecule has 0 radical (unpaired) electrons. The molecule has 0 aliphatic heterocycles. The summed E-state index contributed by atoms with van der Waals surface area (Å²) in [6, 6.07) is 5.84. The number of para-hydroxylation sites is 1. The van der Waals surface area contributed by atoms with E-state index in [1.54, 1.807) is 17.1 Å². The standard InChI is InChI=1S/C18H17F3N6S/c1-4-13(18(19,20)21)8-16(22-2)27-11-14(10-24-27)25-28-15-7-5-6-12-9-23-26(3)17(12)15/h4-11,25H,2H2,1,3H3/b13-4+,16-8+. The molecule has 28 heavy (non-hydrogen) atoms. The van der Waals surface area contributed by atoms with Gasteiger partial charge in [0.1, 0.15) is 0 Å². The van der Waals surface area contributed by atoms with Crippen LogP contribution in [0.1, 0.15) is 6.92 Å². The summed E-state index contributed by atoms with van der Waals surface area (Å²) >= 11 is 1.36. The molecule has 3 aromatic rings. The van der Waals surface area contributed by atoms with Crippen molar-refractivity contribution >= 4 is 41.1 Å². The molecule has 0 atom stereocenters. The predicted molar refractivity (Wildman–Crippen MR) is 106 cm³/mol. The first-order chi connectivity index (χ1) is 13.3. The largest absolute Gasteiger partial charge is 0.416 e. The van der Waals surface area contributed by atoms with Gasteiger partial charge in [-0.05, 0) is 37.7 Å². The number of aromatic nitrogens is 4. The van der Waals surface area contributed by atoms with Crippen LogP contribution in [0, 0.1) is 0 Å². The zero-order valence-corrected chi connectivity index (χ0v) is 15.9. The average molecular weight is 406 g/mol. The quantitative estimate of drug-likeness (QED) is 0.359. The van der Waals surface area contributed by atoms with Crippen molar-refractivity contribution in [3.8, 4) is 0 Å². The fourth-order valence-electron chi connectivity index (χ4n) is 2.55. The van der Waals surface area contributed by atoms with Gasteiger partial charge in [-0.1, -0.05) is 18.2 Å². The molecule has 0 spiro atoms. The summed E-state index contributed by atoms with van der Waals surface area (Å²) in [5.74, 6) is -0.0304. The molecule has 1 aromatic carbocycles. The number of alkyl halides is 3. The van der Waals surface area contributed by atoms with Gasteiger partial charge in [-0.2, -0.15) is 23.4 Å². The first-order valence-electron chi connectivity index (χ1n) is 8.14. The summed E-state index contributed by atoms with van der Waals surface area (Å²) in [5, 5.41) is 9.32. The van der Waals surface area contributed by atoms with E-state index in [2.05, 4.69) is 26.6 Å². The molecule has 146 valence electrons. The van der Waals surface area contributed by atoms with E-state index in [0.29, 0.717) is 5.69 Å². The van der Waals surface area contributed by atoms with E-state index in [9.17, 15) is 13.2 Å². The minimum absolute atomic E-state index is 0.0304. The summed E-state index contributed by atoms with van der Waals surface area (Å²) in [6.45, 7) is 4.65. The molecule has 0 saturated heterocycles. The van der Waals surface area contributed by atoms with Crippen LogP contribution in [-0.2, 0) is 7.05 Å². The highest BCUT2D eigenvalue weighted by molar-refractivity contribution is 8.00. The molecule has 0 amide bonds. The van der Waals surface area contributed by atoms with Crippen molar-refractivity contribution in [2.45, 2.75) is 18.0 Å². The van der Waals surface area contributed by atoms with E-state index in [-0.39, 0.29) is 5.82 Å². The fourth-order valence-corrected chi connectivity index (χ4v) is 3.37. The molecular weight excluding hydrogens is 389 g/mol. The number of aliphatic imine (C=N–C) groups is 1. The van der Waals surface area contributed by atoms with E-state index < -0.39 is 11.7 Å². The smallest absolute Gasteiger partial charge is 0.323 e. The van der Waals surface area contributed by atoms with Crippen molar-refractivity contribution in [1.82, 2.24) is 19.6 Å². The number of fused-ring (bicyclic) bond motifs is 1. The van der Waals surface area contributed by atoms with Crippen LogP contribution in [-0.4, -0.2) is 32.5 Å². The van der Waals surface area contributed by atoms with Crippen LogP contribution < -0.4 is 4.72 Å². The third kappa shape index (κ3) is 4.11. The van der Waals surface area contributed by atoms with Crippen LogP contribution in [0.5, 0.6) is 0 Å². The lowest BCUT2D eigenvalue weighted by Crippen LogP contribution is -2.11. The molecule has 0 unspecified atom stereocenters. The Labute approximate surface area is 163 Å². The molecule has 0 saturated carbocycles. The highest BCUT2D eigenvalue weighted by Gasteiger charge is 2.31. The molecule has 1 N–H and O–H groups in total. The van der Waals surface area contributed by atoms with Gasteiger partial charge >= 0.3 is 6.18 Å². The molecule has 6 nitrogen and oxygen atoms in total. The second kappa shape index (κ2) is 7.93. The first-order valence-corrected chi connectivity index (χ1v) is 8.95. The van der Waals surface area contributed by atoms with E-state index in [1.807, 2.05) is 25.2 Å². The molecule has 0 fully saturated rings. The van der Waals surface area contributed by atoms with Crippen LogP contribution in [0.25, 0.3) is 16.7 Å². The summed E-state index contributed by atoms with van der Waals surface area (Å²) in [7, 11) is 1.86. The average Bonchev–Trinajstić information content (AvgIpc) is 3.27. The zero-order chi connectivity index (χ0) is 20.3. The monoisotopic (exact) mass is 406 g/mol. The third-order valence-corrected chi connectivity index (χ3v) is 4.79. The SMILES string of the molecule is C=N/C(=C\C(=C/C)C(F)(F)F)n1cc(NSc2cccc3cnn(C)c23)cn1. The summed E-state index contributed by atoms with van der Waals surface area (Å²) in [5.41, 5.74) is 0.758. The maximum absolute atomic E-state index is 13.0. The number of anilines is 1. The van der Waals surface area contributed by atoms with E-state index >= 15 is 0 Å². The van der Waals surface area contributed by atoms with E-state index in [4.69, 9.17) is 0 Å². The van der Waals surface area contributed by atoms with Gasteiger partial charge in [0.05, 0.1) is 40.3 Å². The minimum atomic E-state index is -4.48. The number of benzene rings is 1. The van der Waals surface area contributed by atoms with Crippen molar-refractivity contribution in [3.05, 3.63) is 54.5 Å². The Balaban J connectivity index is 1.80. The number of rotatable bonds is 6. The Bertz CT molecular complexity index is 1060. The van der Waals surface area contributed by atoms with Crippen molar-refractivity contribution in [2.24, 2.45) is 12.0 Å². The van der Waals surface area contributed by atoms with Gasteiger partial charge in [-0.15, -0.1) is 0 Å². The second-order valence-electron chi connectivity index (χ2n) is 5.74. The minimum Gasteiger partial charge on any atom is -0.323 e. The van der Waals surface area contributed by atoms with Crippen LogP contribution in [0.3, 0.4) is 0 Å². The number of nitrogens with one attached hydrogen (secondary N) is 1. The van der Waals surface area contributed by atoms with Gasteiger partial charge in [-0.3, -0.25) is 4.68 Å². The van der Waals surface area contributed by atoms with E-state index in [1.165, 1.54) is 29.8 Å². The molecule has 2 heterocycles. The lowest BCUT2D eigenvalue weighted by Gasteiger charge is -2.08. The third-order valence-electron chi connectivity index (χ3n) is 3.90. The van der Waals surface area contributed by atoms with Crippen LogP contribution in [0.2, 0.25) is 0 Å². The van der Waals surface area contributed by atoms with Crippen LogP contribution in [0.4, 0.5) is 18.9 Å².